The third kappa shape index (κ3) is 2.57. The van der Waals surface area contributed by atoms with Crippen molar-refractivity contribution in [3.8, 4) is 6.07 Å². The Morgan fingerprint density at radius 3 is 2.86 bits per heavy atom. The highest BCUT2D eigenvalue weighted by Gasteiger charge is 2.23. The molecule has 0 saturated carbocycles. The van der Waals surface area contributed by atoms with Crippen LogP contribution in [0.15, 0.2) is 53.7 Å². The zero-order chi connectivity index (χ0) is 15.6. The second kappa shape index (κ2) is 5.60. The van der Waals surface area contributed by atoms with E-state index in [2.05, 4.69) is 15.9 Å². The zero-order valence-corrected chi connectivity index (χ0v) is 12.3. The molecule has 1 aliphatic heterocycles. The average molecular weight is 312 g/mol. The smallest absolute Gasteiger partial charge is 0.259 e. The number of para-hydroxylation sites is 1. The maximum Gasteiger partial charge on any atom is 0.259 e. The van der Waals surface area contributed by atoms with Gasteiger partial charge >= 0.3 is 0 Å². The molecule has 0 bridgehead atoms. The molecule has 0 unspecified atom stereocenters. The van der Waals surface area contributed by atoms with Gasteiger partial charge in [0.05, 0.1) is 17.8 Å². The first kappa shape index (κ1) is 14.3. The van der Waals surface area contributed by atoms with Gasteiger partial charge in [0.15, 0.2) is 0 Å². The molecule has 2 aromatic rings. The lowest BCUT2D eigenvalue weighted by Crippen LogP contribution is -2.44. The van der Waals surface area contributed by atoms with Crippen LogP contribution in [0.3, 0.4) is 0 Å². The van der Waals surface area contributed by atoms with Crippen molar-refractivity contribution in [2.24, 2.45) is 0 Å². The fraction of sp³-hybridized carbons (Fsp3) is 0.0667. The number of rotatable bonds is 3. The van der Waals surface area contributed by atoms with Crippen LogP contribution in [0.1, 0.15) is 11.1 Å². The van der Waals surface area contributed by atoms with E-state index in [1.165, 1.54) is 23.5 Å². The van der Waals surface area contributed by atoms with Gasteiger partial charge in [-0.3, -0.25) is 9.99 Å². The van der Waals surface area contributed by atoms with Crippen LogP contribution in [0.4, 0.5) is 5.69 Å². The first-order chi connectivity index (χ1) is 10.6. The summed E-state index contributed by atoms with van der Waals surface area (Å²) in [5.74, 6) is 0. The number of hydrazine groups is 1. The van der Waals surface area contributed by atoms with Gasteiger partial charge in [0.1, 0.15) is 11.0 Å². The van der Waals surface area contributed by atoms with Gasteiger partial charge in [-0.2, -0.15) is 5.26 Å². The molecule has 0 aliphatic carbocycles. The van der Waals surface area contributed by atoms with E-state index < -0.39 is 10.0 Å². The lowest BCUT2D eigenvalue weighted by Gasteiger charge is -2.28. The summed E-state index contributed by atoms with van der Waals surface area (Å²) in [4.78, 5) is 6.39. The van der Waals surface area contributed by atoms with Gasteiger partial charge in [-0.15, -0.1) is 4.83 Å². The van der Waals surface area contributed by atoms with Gasteiger partial charge in [-0.05, 0) is 18.2 Å². The maximum atomic E-state index is 12.4. The lowest BCUT2D eigenvalue weighted by molar-refractivity contribution is 0.577. The number of nitrogens with zero attached hydrogens (tertiary/aromatic N) is 3. The van der Waals surface area contributed by atoms with Gasteiger partial charge in [-0.25, -0.2) is 8.42 Å². The largest absolute Gasteiger partial charge is 0.289 e. The molecule has 110 valence electrons. The van der Waals surface area contributed by atoms with E-state index in [-0.39, 0.29) is 4.90 Å². The number of aromatic nitrogens is 1. The molecule has 1 aliphatic rings. The number of hydrogen-bond donors (Lipinski definition) is 1. The SMILES string of the molecule is N#Cc1cccc2c1N(NS(=O)(=O)c1cccnc1)CC=C2. The van der Waals surface area contributed by atoms with Crippen molar-refractivity contribution < 1.29 is 8.42 Å². The van der Waals surface area contributed by atoms with Crippen LogP contribution in [-0.2, 0) is 10.0 Å². The Morgan fingerprint density at radius 2 is 2.14 bits per heavy atom. The molecule has 0 fully saturated rings. The summed E-state index contributed by atoms with van der Waals surface area (Å²) in [7, 11) is -3.76. The molecule has 0 atom stereocenters. The van der Waals surface area contributed by atoms with Crippen LogP contribution >= 0.6 is 0 Å². The van der Waals surface area contributed by atoms with Crippen LogP contribution < -0.4 is 9.84 Å². The predicted molar refractivity (Wildman–Crippen MR) is 82.1 cm³/mol. The lowest BCUT2D eigenvalue weighted by atomic mass is 10.0. The first-order valence-electron chi connectivity index (χ1n) is 6.51. The molecule has 0 spiro atoms. The van der Waals surface area contributed by atoms with Gasteiger partial charge in [0.25, 0.3) is 10.0 Å². The topological polar surface area (TPSA) is 86.1 Å². The van der Waals surface area contributed by atoms with E-state index in [0.29, 0.717) is 17.8 Å². The van der Waals surface area contributed by atoms with E-state index in [9.17, 15) is 13.7 Å². The standard InChI is InChI=1S/C15H12N4O2S/c16-10-13-5-1-4-12-6-3-9-19(15(12)13)18-22(20,21)14-7-2-8-17-11-14/h1-8,11,18H,9H2. The molecule has 1 N–H and O–H groups in total. The number of anilines is 1. The Morgan fingerprint density at radius 1 is 1.27 bits per heavy atom. The van der Waals surface area contributed by atoms with Crippen molar-refractivity contribution in [1.82, 2.24) is 9.82 Å². The molecule has 7 heteroatoms. The summed E-state index contributed by atoms with van der Waals surface area (Å²) in [6.45, 7) is 0.338. The molecule has 3 rings (SSSR count). The quantitative estimate of drug-likeness (QED) is 0.932. The van der Waals surface area contributed by atoms with E-state index in [0.717, 1.165) is 5.56 Å². The second-order valence-corrected chi connectivity index (χ2v) is 6.31. The Kier molecular flexibility index (Phi) is 3.63. The van der Waals surface area contributed by atoms with Crippen LogP contribution in [0.5, 0.6) is 0 Å². The summed E-state index contributed by atoms with van der Waals surface area (Å²) >= 11 is 0. The van der Waals surface area contributed by atoms with Gasteiger partial charge in [0, 0.05) is 18.0 Å². The third-order valence-corrected chi connectivity index (χ3v) is 4.54. The Labute approximate surface area is 128 Å². The van der Waals surface area contributed by atoms with Crippen molar-refractivity contribution in [3.05, 3.63) is 59.9 Å². The summed E-state index contributed by atoms with van der Waals surface area (Å²) in [6, 6.07) is 10.4. The van der Waals surface area contributed by atoms with Crippen molar-refractivity contribution in [2.75, 3.05) is 11.6 Å². The van der Waals surface area contributed by atoms with Crippen LogP contribution in [0.25, 0.3) is 6.08 Å². The van der Waals surface area contributed by atoms with Crippen molar-refractivity contribution in [2.45, 2.75) is 4.90 Å². The van der Waals surface area contributed by atoms with Crippen LogP contribution in [-0.4, -0.2) is 19.9 Å². The number of nitrogens with one attached hydrogen (secondary N) is 1. The molecule has 0 amide bonds. The maximum absolute atomic E-state index is 12.4. The number of fused-ring (bicyclic) bond motifs is 1. The van der Waals surface area contributed by atoms with Crippen LogP contribution in [0.2, 0.25) is 0 Å². The van der Waals surface area contributed by atoms with Crippen LogP contribution in [0, 0.1) is 11.3 Å². The minimum Gasteiger partial charge on any atom is -0.289 e. The molecule has 0 saturated heterocycles. The third-order valence-electron chi connectivity index (χ3n) is 3.22. The van der Waals surface area contributed by atoms with E-state index in [1.54, 1.807) is 18.2 Å². The first-order valence-corrected chi connectivity index (χ1v) is 8.00. The minimum absolute atomic E-state index is 0.0699. The predicted octanol–water partition coefficient (Wildman–Crippen LogP) is 1.68. The number of nitriles is 1. The molecule has 6 nitrogen and oxygen atoms in total. The van der Waals surface area contributed by atoms with Gasteiger partial charge in [-0.1, -0.05) is 24.3 Å². The Hall–Kier alpha value is -2.69. The van der Waals surface area contributed by atoms with Gasteiger partial charge < -0.3 is 0 Å². The molecule has 0 radical (unpaired) electrons. The van der Waals surface area contributed by atoms with E-state index in [1.807, 2.05) is 18.2 Å². The normalized spacial score (nSPS) is 13.5. The average Bonchev–Trinajstić information content (AvgIpc) is 2.55. The highest BCUT2D eigenvalue weighted by molar-refractivity contribution is 7.89. The summed E-state index contributed by atoms with van der Waals surface area (Å²) in [5.41, 5.74) is 1.76. The van der Waals surface area contributed by atoms with Crippen molar-refractivity contribution in [3.63, 3.8) is 0 Å². The van der Waals surface area contributed by atoms with E-state index in [4.69, 9.17) is 0 Å². The second-order valence-electron chi connectivity index (χ2n) is 4.65. The molecule has 22 heavy (non-hydrogen) atoms. The highest BCUT2D eigenvalue weighted by atomic mass is 32.2. The van der Waals surface area contributed by atoms with Crippen molar-refractivity contribution >= 4 is 21.8 Å². The van der Waals surface area contributed by atoms with E-state index >= 15 is 0 Å². The summed E-state index contributed by atoms with van der Waals surface area (Å²) in [6.07, 6.45) is 6.48. The summed E-state index contributed by atoms with van der Waals surface area (Å²) in [5, 5.41) is 10.7. The summed E-state index contributed by atoms with van der Waals surface area (Å²) < 4.78 is 24.8. The van der Waals surface area contributed by atoms with Crippen molar-refractivity contribution in [1.29, 1.82) is 5.26 Å². The zero-order valence-electron chi connectivity index (χ0n) is 11.5. The highest BCUT2D eigenvalue weighted by Crippen LogP contribution is 2.29. The minimum atomic E-state index is -3.76. The monoisotopic (exact) mass is 312 g/mol. The molecular formula is C15H12N4O2S. The molecule has 1 aromatic carbocycles. The molecule has 1 aromatic heterocycles. The van der Waals surface area contributed by atoms with Gasteiger partial charge in [0.2, 0.25) is 0 Å². The fourth-order valence-electron chi connectivity index (χ4n) is 2.25. The Bertz CT molecular complexity index is 870. The number of hydrogen-bond acceptors (Lipinski definition) is 5. The molecule has 2 heterocycles. The number of sulfonamides is 1. The Balaban J connectivity index is 2.00. The number of pyridine rings is 1. The fourth-order valence-corrected chi connectivity index (χ4v) is 3.27. The molecular weight excluding hydrogens is 300 g/mol. The number of benzene rings is 1.